The van der Waals surface area contributed by atoms with E-state index in [1.807, 2.05) is 0 Å². The third-order valence-corrected chi connectivity index (χ3v) is 3.77. The van der Waals surface area contributed by atoms with Crippen LogP contribution in [-0.2, 0) is 13.8 Å². The highest BCUT2D eigenvalue weighted by atomic mass is 35.7. The molecule has 0 heterocycles. The lowest BCUT2D eigenvalue weighted by Crippen LogP contribution is -2.10. The predicted molar refractivity (Wildman–Crippen MR) is 62.1 cm³/mol. The summed E-state index contributed by atoms with van der Waals surface area (Å²) in [4.78, 5) is 10.4. The maximum Gasteiger partial charge on any atom is 0.341 e. The second-order valence-corrected chi connectivity index (χ2v) is 5.97. The smallest absolute Gasteiger partial charge is 0.341 e. The van der Waals surface area contributed by atoms with E-state index >= 15 is 0 Å². The van der Waals surface area contributed by atoms with Crippen molar-refractivity contribution in [2.75, 3.05) is 6.61 Å². The van der Waals surface area contributed by atoms with Crippen LogP contribution in [0.3, 0.4) is 0 Å². The molecule has 0 aliphatic heterocycles. The minimum absolute atomic E-state index is 0.000610. The first-order chi connectivity index (χ1) is 7.73. The average molecular weight is 279 g/mol. The Labute approximate surface area is 103 Å². The van der Waals surface area contributed by atoms with Crippen molar-refractivity contribution in [2.45, 2.75) is 18.7 Å². The number of rotatable bonds is 4. The summed E-state index contributed by atoms with van der Waals surface area (Å²) >= 11 is 0. The summed E-state index contributed by atoms with van der Waals surface area (Å²) in [5.41, 5.74) is 0.996. The molecule has 0 spiro atoms. The fourth-order valence-corrected chi connectivity index (χ4v) is 2.58. The highest BCUT2D eigenvalue weighted by Gasteiger charge is 2.17. The molecule has 0 fully saturated rings. The van der Waals surface area contributed by atoms with Gasteiger partial charge in [-0.3, -0.25) is 0 Å². The molecular formula is C10H11ClO5S. The van der Waals surface area contributed by atoms with Crippen LogP contribution in [0.2, 0.25) is 0 Å². The quantitative estimate of drug-likeness (QED) is 0.848. The normalized spacial score (nSPS) is 11.2. The molecule has 17 heavy (non-hydrogen) atoms. The Morgan fingerprint density at radius 3 is 2.41 bits per heavy atom. The van der Waals surface area contributed by atoms with Crippen LogP contribution in [0.15, 0.2) is 17.0 Å². The van der Waals surface area contributed by atoms with Crippen molar-refractivity contribution >= 4 is 25.7 Å². The molecule has 0 aliphatic carbocycles. The van der Waals surface area contributed by atoms with Gasteiger partial charge in [-0.1, -0.05) is 0 Å². The van der Waals surface area contributed by atoms with Crippen molar-refractivity contribution in [3.8, 4) is 5.75 Å². The highest BCUT2D eigenvalue weighted by molar-refractivity contribution is 8.13. The zero-order valence-electron chi connectivity index (χ0n) is 9.23. The van der Waals surface area contributed by atoms with E-state index in [2.05, 4.69) is 0 Å². The molecule has 1 aromatic carbocycles. The molecule has 0 aromatic heterocycles. The third kappa shape index (κ3) is 3.34. The summed E-state index contributed by atoms with van der Waals surface area (Å²) in [6.07, 6.45) is 0. The second kappa shape index (κ2) is 4.93. The SMILES string of the molecule is Cc1c(OCC(=O)O)ccc(S(=O)(=O)Cl)c1C. The average Bonchev–Trinajstić information content (AvgIpc) is 2.18. The van der Waals surface area contributed by atoms with Crippen LogP contribution >= 0.6 is 10.7 Å². The Hall–Kier alpha value is -1.27. The monoisotopic (exact) mass is 278 g/mol. The lowest BCUT2D eigenvalue weighted by atomic mass is 10.1. The van der Waals surface area contributed by atoms with Gasteiger partial charge in [0.1, 0.15) is 5.75 Å². The summed E-state index contributed by atoms with van der Waals surface area (Å²) in [5.74, 6) is -0.773. The van der Waals surface area contributed by atoms with Gasteiger partial charge in [-0.25, -0.2) is 13.2 Å². The Morgan fingerprint density at radius 2 is 1.94 bits per heavy atom. The molecule has 0 aliphatic rings. The van der Waals surface area contributed by atoms with E-state index in [9.17, 15) is 13.2 Å². The van der Waals surface area contributed by atoms with Crippen molar-refractivity contribution in [1.29, 1.82) is 0 Å². The number of halogens is 1. The van der Waals surface area contributed by atoms with E-state index in [4.69, 9.17) is 20.5 Å². The van der Waals surface area contributed by atoms with Crippen molar-refractivity contribution in [2.24, 2.45) is 0 Å². The van der Waals surface area contributed by atoms with Crippen LogP contribution in [0.25, 0.3) is 0 Å². The van der Waals surface area contributed by atoms with Gasteiger partial charge in [0.15, 0.2) is 6.61 Å². The second-order valence-electron chi connectivity index (χ2n) is 3.43. The van der Waals surface area contributed by atoms with Gasteiger partial charge in [0, 0.05) is 10.7 Å². The van der Waals surface area contributed by atoms with Gasteiger partial charge in [-0.15, -0.1) is 0 Å². The van der Waals surface area contributed by atoms with Crippen LogP contribution in [0.1, 0.15) is 11.1 Å². The highest BCUT2D eigenvalue weighted by Crippen LogP contribution is 2.28. The van der Waals surface area contributed by atoms with E-state index < -0.39 is 21.6 Å². The van der Waals surface area contributed by atoms with Crippen LogP contribution < -0.4 is 4.74 Å². The largest absolute Gasteiger partial charge is 0.482 e. The van der Waals surface area contributed by atoms with Crippen molar-refractivity contribution in [1.82, 2.24) is 0 Å². The number of hydrogen-bond acceptors (Lipinski definition) is 4. The summed E-state index contributed by atoms with van der Waals surface area (Å²) in [7, 11) is 1.45. The van der Waals surface area contributed by atoms with E-state index in [0.29, 0.717) is 16.9 Å². The van der Waals surface area contributed by atoms with Gasteiger partial charge in [0.25, 0.3) is 9.05 Å². The first-order valence-corrected chi connectivity index (χ1v) is 6.94. The summed E-state index contributed by atoms with van der Waals surface area (Å²) in [6, 6.07) is 2.68. The van der Waals surface area contributed by atoms with Crippen LogP contribution in [-0.4, -0.2) is 26.1 Å². The molecule has 0 bridgehead atoms. The summed E-state index contributed by atoms with van der Waals surface area (Å²) < 4.78 is 27.4. The molecule has 1 N–H and O–H groups in total. The molecule has 0 atom stereocenters. The molecule has 0 amide bonds. The molecule has 5 nitrogen and oxygen atoms in total. The van der Waals surface area contributed by atoms with Crippen LogP contribution in [0.4, 0.5) is 0 Å². The first-order valence-electron chi connectivity index (χ1n) is 4.63. The zero-order chi connectivity index (χ0) is 13.2. The molecule has 0 saturated carbocycles. The van der Waals surface area contributed by atoms with Gasteiger partial charge < -0.3 is 9.84 Å². The number of benzene rings is 1. The van der Waals surface area contributed by atoms with E-state index in [1.54, 1.807) is 13.8 Å². The lowest BCUT2D eigenvalue weighted by Gasteiger charge is -2.11. The number of carboxylic acid groups (broad SMARTS) is 1. The van der Waals surface area contributed by atoms with Crippen LogP contribution in [0, 0.1) is 13.8 Å². The van der Waals surface area contributed by atoms with E-state index in [-0.39, 0.29) is 4.90 Å². The van der Waals surface area contributed by atoms with Crippen molar-refractivity contribution < 1.29 is 23.1 Å². The summed E-state index contributed by atoms with van der Waals surface area (Å²) in [6.45, 7) is 2.74. The Balaban J connectivity index is 3.16. The van der Waals surface area contributed by atoms with Gasteiger partial charge >= 0.3 is 5.97 Å². The van der Waals surface area contributed by atoms with Gasteiger partial charge in [-0.05, 0) is 37.1 Å². The molecular weight excluding hydrogens is 268 g/mol. The maximum atomic E-state index is 11.2. The molecule has 1 aromatic rings. The fourth-order valence-electron chi connectivity index (χ4n) is 1.33. The molecule has 94 valence electrons. The lowest BCUT2D eigenvalue weighted by molar-refractivity contribution is -0.139. The molecule has 1 rings (SSSR count). The number of carboxylic acids is 1. The molecule has 0 radical (unpaired) electrons. The van der Waals surface area contributed by atoms with Crippen LogP contribution in [0.5, 0.6) is 5.75 Å². The number of carbonyl (C=O) groups is 1. The maximum absolute atomic E-state index is 11.2. The molecule has 7 heteroatoms. The van der Waals surface area contributed by atoms with E-state index in [1.165, 1.54) is 12.1 Å². The van der Waals surface area contributed by atoms with Gasteiger partial charge in [-0.2, -0.15) is 0 Å². The predicted octanol–water partition coefficient (Wildman–Crippen LogP) is 1.69. The zero-order valence-corrected chi connectivity index (χ0v) is 10.8. The number of aliphatic carboxylic acids is 1. The number of hydrogen-bond donors (Lipinski definition) is 1. The Kier molecular flexibility index (Phi) is 4.00. The van der Waals surface area contributed by atoms with Crippen molar-refractivity contribution in [3.63, 3.8) is 0 Å². The third-order valence-electron chi connectivity index (χ3n) is 2.30. The fraction of sp³-hybridized carbons (Fsp3) is 0.300. The Morgan fingerprint density at radius 1 is 1.35 bits per heavy atom. The summed E-state index contributed by atoms with van der Waals surface area (Å²) in [5, 5.41) is 8.48. The van der Waals surface area contributed by atoms with E-state index in [0.717, 1.165) is 0 Å². The first kappa shape index (κ1) is 13.8. The minimum atomic E-state index is -3.80. The van der Waals surface area contributed by atoms with Crippen molar-refractivity contribution in [3.05, 3.63) is 23.3 Å². The minimum Gasteiger partial charge on any atom is -0.482 e. The van der Waals surface area contributed by atoms with Gasteiger partial charge in [0.2, 0.25) is 0 Å². The molecule has 0 unspecified atom stereocenters. The number of ether oxygens (including phenoxy) is 1. The standard InChI is InChI=1S/C10H11ClO5S/c1-6-7(2)9(17(11,14)15)4-3-8(6)16-5-10(12)13/h3-4H,5H2,1-2H3,(H,12,13). The Bertz CT molecular complexity index is 550. The topological polar surface area (TPSA) is 80.7 Å². The van der Waals surface area contributed by atoms with Gasteiger partial charge in [0.05, 0.1) is 4.90 Å². The molecule has 0 saturated heterocycles.